The van der Waals surface area contributed by atoms with Crippen molar-refractivity contribution in [3.8, 4) is 27.9 Å². The maximum absolute atomic E-state index is 6.06. The summed E-state index contributed by atoms with van der Waals surface area (Å²) in [7, 11) is 0. The molecule has 1 aliphatic rings. The summed E-state index contributed by atoms with van der Waals surface area (Å²) in [5.74, 6) is 0. The van der Waals surface area contributed by atoms with Crippen LogP contribution in [0.4, 0.5) is 0 Å². The lowest BCUT2D eigenvalue weighted by molar-refractivity contribution is 0.661. The van der Waals surface area contributed by atoms with Gasteiger partial charge < -0.3 is 8.98 Å². The normalized spacial score (nSPS) is 13.8. The van der Waals surface area contributed by atoms with Crippen molar-refractivity contribution in [2.45, 2.75) is 19.3 Å². The second kappa shape index (κ2) is 7.99. The average Bonchev–Trinajstić information content (AvgIpc) is 3.62. The quantitative estimate of drug-likeness (QED) is 0.219. The van der Waals surface area contributed by atoms with Crippen LogP contribution in [-0.2, 0) is 5.41 Å². The molecular formula is C39H27NO. The predicted octanol–water partition coefficient (Wildman–Crippen LogP) is 10.7. The molecule has 8 aromatic rings. The fraction of sp³-hybridized carbons (Fsp3) is 0.0769. The Morgan fingerprint density at radius 1 is 0.488 bits per heavy atom. The molecule has 0 fully saturated rings. The molecule has 2 heteroatoms. The first kappa shape index (κ1) is 22.7. The van der Waals surface area contributed by atoms with Gasteiger partial charge in [0.25, 0.3) is 0 Å². The predicted molar refractivity (Wildman–Crippen MR) is 171 cm³/mol. The molecular weight excluding hydrogens is 498 g/mol. The summed E-state index contributed by atoms with van der Waals surface area (Å²) in [6.45, 7) is 4.71. The van der Waals surface area contributed by atoms with Crippen LogP contribution in [0.3, 0.4) is 0 Å². The number of hydrogen-bond acceptors (Lipinski definition) is 1. The Kier molecular flexibility index (Phi) is 4.42. The third kappa shape index (κ3) is 3.08. The molecule has 0 unspecified atom stereocenters. The monoisotopic (exact) mass is 525 g/mol. The summed E-state index contributed by atoms with van der Waals surface area (Å²) in [6, 6.07) is 46.3. The molecule has 41 heavy (non-hydrogen) atoms. The fourth-order valence-corrected chi connectivity index (χ4v) is 7.15. The molecule has 0 spiro atoms. The first-order valence-electron chi connectivity index (χ1n) is 14.3. The van der Waals surface area contributed by atoms with E-state index in [1.807, 2.05) is 12.1 Å². The minimum atomic E-state index is -0.0405. The van der Waals surface area contributed by atoms with Gasteiger partial charge in [-0.05, 0) is 81.9 Å². The molecule has 9 rings (SSSR count). The summed E-state index contributed by atoms with van der Waals surface area (Å²) >= 11 is 0. The van der Waals surface area contributed by atoms with Crippen molar-refractivity contribution in [1.29, 1.82) is 0 Å². The highest BCUT2D eigenvalue weighted by Gasteiger charge is 2.36. The van der Waals surface area contributed by atoms with Crippen LogP contribution in [0.5, 0.6) is 0 Å². The van der Waals surface area contributed by atoms with Crippen LogP contribution in [-0.4, -0.2) is 4.57 Å². The lowest BCUT2D eigenvalue weighted by Crippen LogP contribution is -2.14. The molecule has 1 aliphatic carbocycles. The van der Waals surface area contributed by atoms with Crippen molar-refractivity contribution in [2.24, 2.45) is 0 Å². The van der Waals surface area contributed by atoms with E-state index < -0.39 is 0 Å². The van der Waals surface area contributed by atoms with Crippen molar-refractivity contribution in [2.75, 3.05) is 0 Å². The number of nitrogens with zero attached hydrogens (tertiary/aromatic N) is 1. The molecule has 0 N–H and O–H groups in total. The van der Waals surface area contributed by atoms with Crippen LogP contribution >= 0.6 is 0 Å². The van der Waals surface area contributed by atoms with E-state index in [0.29, 0.717) is 0 Å². The summed E-state index contributed by atoms with van der Waals surface area (Å²) in [6.07, 6.45) is 0. The highest BCUT2D eigenvalue weighted by atomic mass is 16.3. The number of benzene rings is 6. The van der Waals surface area contributed by atoms with Gasteiger partial charge in [-0.3, -0.25) is 0 Å². The van der Waals surface area contributed by atoms with E-state index in [9.17, 15) is 0 Å². The zero-order valence-corrected chi connectivity index (χ0v) is 23.0. The molecule has 0 radical (unpaired) electrons. The maximum atomic E-state index is 6.06. The zero-order chi connectivity index (χ0) is 27.3. The van der Waals surface area contributed by atoms with E-state index in [0.717, 1.165) is 21.9 Å². The molecule has 0 atom stereocenters. The van der Waals surface area contributed by atoms with E-state index >= 15 is 0 Å². The van der Waals surface area contributed by atoms with Crippen molar-refractivity contribution in [3.05, 3.63) is 139 Å². The van der Waals surface area contributed by atoms with Crippen molar-refractivity contribution in [1.82, 2.24) is 4.57 Å². The molecule has 0 amide bonds. The van der Waals surface area contributed by atoms with Crippen molar-refractivity contribution < 1.29 is 4.42 Å². The second-order valence-electron chi connectivity index (χ2n) is 11.8. The number of para-hydroxylation sites is 2. The number of aromatic nitrogens is 1. The van der Waals surface area contributed by atoms with Crippen LogP contribution in [0.2, 0.25) is 0 Å². The van der Waals surface area contributed by atoms with E-state index in [2.05, 4.69) is 134 Å². The van der Waals surface area contributed by atoms with Crippen LogP contribution in [0.1, 0.15) is 25.0 Å². The van der Waals surface area contributed by atoms with Gasteiger partial charge in [0.2, 0.25) is 0 Å². The molecule has 0 aliphatic heterocycles. The SMILES string of the molecule is CC1(C)c2ccccc2-c2cc3c4ccccc4n(-c4ccc(-c5ccc6oc7ccccc7c6c5)cc4)c3cc21. The Bertz CT molecular complexity index is 2330. The zero-order valence-electron chi connectivity index (χ0n) is 23.0. The van der Waals surface area contributed by atoms with Gasteiger partial charge in [0, 0.05) is 32.6 Å². The number of furan rings is 1. The van der Waals surface area contributed by atoms with E-state index in [1.54, 1.807) is 0 Å². The molecule has 2 nitrogen and oxygen atoms in total. The van der Waals surface area contributed by atoms with Gasteiger partial charge >= 0.3 is 0 Å². The van der Waals surface area contributed by atoms with E-state index in [-0.39, 0.29) is 5.41 Å². The first-order valence-corrected chi connectivity index (χ1v) is 14.3. The number of hydrogen-bond donors (Lipinski definition) is 0. The van der Waals surface area contributed by atoms with Gasteiger partial charge in [0.1, 0.15) is 11.2 Å². The van der Waals surface area contributed by atoms with Crippen LogP contribution in [0.15, 0.2) is 132 Å². The Hall–Kier alpha value is -5.08. The highest BCUT2D eigenvalue weighted by molar-refractivity contribution is 6.12. The summed E-state index contributed by atoms with van der Waals surface area (Å²) in [5.41, 5.74) is 13.4. The minimum absolute atomic E-state index is 0.0405. The molecule has 0 saturated carbocycles. The van der Waals surface area contributed by atoms with Gasteiger partial charge in [0.05, 0.1) is 11.0 Å². The van der Waals surface area contributed by atoms with Gasteiger partial charge in [-0.25, -0.2) is 0 Å². The lowest BCUT2D eigenvalue weighted by atomic mass is 9.82. The Labute approximate surface area is 238 Å². The van der Waals surface area contributed by atoms with E-state index in [4.69, 9.17) is 4.42 Å². The van der Waals surface area contributed by atoms with Crippen LogP contribution < -0.4 is 0 Å². The molecule has 6 aromatic carbocycles. The first-order chi connectivity index (χ1) is 20.1. The maximum Gasteiger partial charge on any atom is 0.135 e. The highest BCUT2D eigenvalue weighted by Crippen LogP contribution is 2.51. The van der Waals surface area contributed by atoms with Gasteiger partial charge in [-0.1, -0.05) is 92.7 Å². The second-order valence-corrected chi connectivity index (χ2v) is 11.8. The van der Waals surface area contributed by atoms with Crippen LogP contribution in [0, 0.1) is 0 Å². The fourth-order valence-electron chi connectivity index (χ4n) is 7.15. The molecule has 2 heterocycles. The van der Waals surface area contributed by atoms with Gasteiger partial charge in [-0.15, -0.1) is 0 Å². The van der Waals surface area contributed by atoms with Gasteiger partial charge in [-0.2, -0.15) is 0 Å². The summed E-state index contributed by atoms with van der Waals surface area (Å²) < 4.78 is 8.49. The number of rotatable bonds is 2. The average molecular weight is 526 g/mol. The molecule has 0 saturated heterocycles. The third-order valence-electron chi connectivity index (χ3n) is 9.21. The largest absolute Gasteiger partial charge is 0.456 e. The van der Waals surface area contributed by atoms with Crippen LogP contribution in [0.25, 0.3) is 71.7 Å². The smallest absolute Gasteiger partial charge is 0.135 e. The Balaban J connectivity index is 1.22. The topological polar surface area (TPSA) is 18.1 Å². The summed E-state index contributed by atoms with van der Waals surface area (Å²) in [5, 5.41) is 4.90. The standard InChI is InChI=1S/C39H27NO/c1-39(2)33-12-6-3-9-27(33)30-22-31-28-10-4-7-13-35(28)40(36(31)23-34(30)39)26-18-15-24(16-19-26)25-17-20-38-32(21-25)29-11-5-8-14-37(29)41-38/h3-23H,1-2H3. The summed E-state index contributed by atoms with van der Waals surface area (Å²) in [4.78, 5) is 0. The van der Waals surface area contributed by atoms with E-state index in [1.165, 1.54) is 60.9 Å². The van der Waals surface area contributed by atoms with Crippen molar-refractivity contribution >= 4 is 43.7 Å². The number of fused-ring (bicyclic) bond motifs is 9. The van der Waals surface area contributed by atoms with Crippen molar-refractivity contribution in [3.63, 3.8) is 0 Å². The molecule has 194 valence electrons. The molecule has 2 aromatic heterocycles. The molecule has 0 bridgehead atoms. The third-order valence-corrected chi connectivity index (χ3v) is 9.21. The Morgan fingerprint density at radius 2 is 1.20 bits per heavy atom. The minimum Gasteiger partial charge on any atom is -0.456 e. The Morgan fingerprint density at radius 3 is 2.07 bits per heavy atom. The van der Waals surface area contributed by atoms with Gasteiger partial charge in [0.15, 0.2) is 0 Å². The lowest BCUT2D eigenvalue weighted by Gasteiger charge is -2.21.